The molecule has 130 valence electrons. The lowest BCUT2D eigenvalue weighted by Gasteiger charge is -2.32. The van der Waals surface area contributed by atoms with E-state index in [-0.39, 0.29) is 29.3 Å². The molecular formula is C17H23N3O3S. The van der Waals surface area contributed by atoms with E-state index in [1.807, 2.05) is 13.0 Å². The number of rotatable bonds is 5. The smallest absolute Gasteiger partial charge is 0.251 e. The molecule has 1 amide bonds. The minimum absolute atomic E-state index is 0.000746. The number of nitrogens with one attached hydrogen (secondary N) is 1. The fourth-order valence-corrected chi connectivity index (χ4v) is 4.44. The van der Waals surface area contributed by atoms with Crippen LogP contribution in [-0.2, 0) is 10.0 Å². The van der Waals surface area contributed by atoms with Gasteiger partial charge in [0.15, 0.2) is 0 Å². The van der Waals surface area contributed by atoms with Gasteiger partial charge in [-0.15, -0.1) is 0 Å². The van der Waals surface area contributed by atoms with Crippen molar-refractivity contribution in [2.24, 2.45) is 5.92 Å². The molecule has 1 aliphatic heterocycles. The summed E-state index contributed by atoms with van der Waals surface area (Å²) in [7, 11) is -3.52. The lowest BCUT2D eigenvalue weighted by molar-refractivity contribution is 0.0950. The van der Waals surface area contributed by atoms with Gasteiger partial charge in [0.05, 0.1) is 16.9 Å². The first-order valence-corrected chi connectivity index (χ1v) is 9.60. The molecule has 7 heteroatoms. The van der Waals surface area contributed by atoms with Crippen LogP contribution < -0.4 is 5.32 Å². The summed E-state index contributed by atoms with van der Waals surface area (Å²) < 4.78 is 27.0. The quantitative estimate of drug-likeness (QED) is 0.882. The molecule has 0 aromatic heterocycles. The molecule has 24 heavy (non-hydrogen) atoms. The molecule has 1 aromatic carbocycles. The average molecular weight is 349 g/mol. The topological polar surface area (TPSA) is 90.3 Å². The molecule has 2 rings (SSSR count). The normalized spacial score (nSPS) is 20.1. The Labute approximate surface area is 143 Å². The van der Waals surface area contributed by atoms with Gasteiger partial charge in [-0.25, -0.2) is 8.42 Å². The second-order valence-electron chi connectivity index (χ2n) is 6.23. The lowest BCUT2D eigenvalue weighted by Crippen LogP contribution is -2.41. The summed E-state index contributed by atoms with van der Waals surface area (Å²) >= 11 is 0. The number of piperidine rings is 1. The number of benzene rings is 1. The van der Waals surface area contributed by atoms with Crippen molar-refractivity contribution < 1.29 is 13.2 Å². The maximum atomic E-state index is 12.7. The van der Waals surface area contributed by atoms with Crippen molar-refractivity contribution >= 4 is 15.9 Å². The average Bonchev–Trinajstić information content (AvgIpc) is 2.59. The molecule has 0 radical (unpaired) electrons. The number of sulfonamides is 1. The molecule has 0 bridgehead atoms. The highest BCUT2D eigenvalue weighted by Crippen LogP contribution is 2.25. The van der Waals surface area contributed by atoms with Crippen molar-refractivity contribution in [1.82, 2.24) is 9.62 Å². The summed E-state index contributed by atoms with van der Waals surface area (Å²) in [6.45, 7) is 4.45. The minimum Gasteiger partial charge on any atom is -0.351 e. The standard InChI is InChI=1S/C17H23N3O3S/c1-13(11-18)12-19-17(21)15-6-8-16(9-7-15)24(22,23)20-10-4-3-5-14(20)2/h6-9,13-14H,3-5,10,12H2,1-2H3,(H,19,21)/t13-,14+/m1/s1. The van der Waals surface area contributed by atoms with Crippen molar-refractivity contribution in [2.75, 3.05) is 13.1 Å². The molecule has 0 saturated carbocycles. The first-order valence-electron chi connectivity index (χ1n) is 8.16. The second-order valence-corrected chi connectivity index (χ2v) is 8.12. The largest absolute Gasteiger partial charge is 0.351 e. The maximum Gasteiger partial charge on any atom is 0.251 e. The van der Waals surface area contributed by atoms with Gasteiger partial charge in [-0.2, -0.15) is 9.57 Å². The molecule has 0 spiro atoms. The van der Waals surface area contributed by atoms with Crippen LogP contribution in [0.25, 0.3) is 0 Å². The van der Waals surface area contributed by atoms with E-state index in [1.165, 1.54) is 24.3 Å². The van der Waals surface area contributed by atoms with Crippen molar-refractivity contribution in [1.29, 1.82) is 5.26 Å². The molecule has 1 fully saturated rings. The Kier molecular flexibility index (Phi) is 5.97. The number of hydrogen-bond acceptors (Lipinski definition) is 4. The van der Waals surface area contributed by atoms with Gasteiger partial charge in [-0.05, 0) is 51.0 Å². The van der Waals surface area contributed by atoms with Crippen LogP contribution in [-0.4, -0.2) is 37.8 Å². The third-order valence-electron chi connectivity index (χ3n) is 4.25. The summed E-state index contributed by atoms with van der Waals surface area (Å²) in [6.07, 6.45) is 2.80. The van der Waals surface area contributed by atoms with Gasteiger partial charge in [0.1, 0.15) is 0 Å². The van der Waals surface area contributed by atoms with Crippen LogP contribution in [0.5, 0.6) is 0 Å². The Bertz CT molecular complexity index is 722. The predicted octanol–water partition coefficient (Wildman–Crippen LogP) is 2.14. The van der Waals surface area contributed by atoms with E-state index in [0.29, 0.717) is 12.1 Å². The van der Waals surface area contributed by atoms with E-state index >= 15 is 0 Å². The summed E-state index contributed by atoms with van der Waals surface area (Å²) in [5, 5.41) is 11.4. The Morgan fingerprint density at radius 1 is 1.38 bits per heavy atom. The van der Waals surface area contributed by atoms with Gasteiger partial charge >= 0.3 is 0 Å². The first-order chi connectivity index (χ1) is 11.4. The van der Waals surface area contributed by atoms with Gasteiger partial charge in [0.25, 0.3) is 5.91 Å². The Morgan fingerprint density at radius 2 is 2.04 bits per heavy atom. The summed E-state index contributed by atoms with van der Waals surface area (Å²) in [5.74, 6) is -0.582. The zero-order valence-electron chi connectivity index (χ0n) is 14.0. The molecule has 1 aromatic rings. The number of hydrogen-bond donors (Lipinski definition) is 1. The van der Waals surface area contributed by atoms with Crippen molar-refractivity contribution in [3.8, 4) is 6.07 Å². The van der Waals surface area contributed by atoms with Gasteiger partial charge in [0.2, 0.25) is 10.0 Å². The highest BCUT2D eigenvalue weighted by Gasteiger charge is 2.30. The van der Waals surface area contributed by atoms with E-state index in [0.717, 1.165) is 19.3 Å². The number of nitriles is 1. The van der Waals surface area contributed by atoms with E-state index in [4.69, 9.17) is 5.26 Å². The fraction of sp³-hybridized carbons (Fsp3) is 0.529. The monoisotopic (exact) mass is 349 g/mol. The zero-order valence-corrected chi connectivity index (χ0v) is 14.8. The van der Waals surface area contributed by atoms with Gasteiger partial charge < -0.3 is 5.32 Å². The first kappa shape index (κ1) is 18.4. The van der Waals surface area contributed by atoms with Crippen LogP contribution in [0.15, 0.2) is 29.2 Å². The third-order valence-corrected chi connectivity index (χ3v) is 6.28. The van der Waals surface area contributed by atoms with E-state index < -0.39 is 10.0 Å². The minimum atomic E-state index is -3.52. The maximum absolute atomic E-state index is 12.7. The Balaban J connectivity index is 2.11. The Morgan fingerprint density at radius 3 is 2.62 bits per heavy atom. The number of carbonyl (C=O) groups is 1. The molecule has 0 unspecified atom stereocenters. The van der Waals surface area contributed by atoms with Crippen LogP contribution in [0.4, 0.5) is 0 Å². The Hall–Kier alpha value is -1.91. The van der Waals surface area contributed by atoms with Crippen molar-refractivity contribution in [3.63, 3.8) is 0 Å². The molecule has 1 saturated heterocycles. The molecule has 0 aliphatic carbocycles. The SMILES string of the molecule is C[C@H](C#N)CNC(=O)c1ccc(S(=O)(=O)N2CCCC[C@@H]2C)cc1. The van der Waals surface area contributed by atoms with E-state index in [1.54, 1.807) is 11.2 Å². The van der Waals surface area contributed by atoms with E-state index in [2.05, 4.69) is 5.32 Å². The third kappa shape index (κ3) is 4.13. The van der Waals surface area contributed by atoms with Crippen LogP contribution >= 0.6 is 0 Å². The molecular weight excluding hydrogens is 326 g/mol. The molecule has 2 atom stereocenters. The van der Waals surface area contributed by atoms with Gasteiger partial charge in [0, 0.05) is 24.7 Å². The van der Waals surface area contributed by atoms with Gasteiger partial charge in [-0.3, -0.25) is 4.79 Å². The zero-order chi connectivity index (χ0) is 17.7. The summed E-state index contributed by atoms with van der Waals surface area (Å²) in [6, 6.07) is 8.00. The molecule has 1 aliphatic rings. The highest BCUT2D eigenvalue weighted by molar-refractivity contribution is 7.89. The molecule has 1 N–H and O–H groups in total. The second kappa shape index (κ2) is 7.77. The summed E-state index contributed by atoms with van der Waals surface area (Å²) in [5.41, 5.74) is 0.380. The van der Waals surface area contributed by atoms with E-state index in [9.17, 15) is 13.2 Å². The molecule has 6 nitrogen and oxygen atoms in total. The number of carbonyl (C=O) groups excluding carboxylic acids is 1. The van der Waals surface area contributed by atoms with Gasteiger partial charge in [-0.1, -0.05) is 6.42 Å². The van der Waals surface area contributed by atoms with Crippen LogP contribution in [0, 0.1) is 17.2 Å². The summed E-state index contributed by atoms with van der Waals surface area (Å²) in [4.78, 5) is 12.2. The fourth-order valence-electron chi connectivity index (χ4n) is 2.74. The molecule has 1 heterocycles. The van der Waals surface area contributed by atoms with Crippen molar-refractivity contribution in [3.05, 3.63) is 29.8 Å². The highest BCUT2D eigenvalue weighted by atomic mass is 32.2. The van der Waals surface area contributed by atoms with Crippen LogP contribution in [0.1, 0.15) is 43.5 Å². The van der Waals surface area contributed by atoms with Crippen molar-refractivity contribution in [2.45, 2.75) is 44.0 Å². The van der Waals surface area contributed by atoms with Crippen LogP contribution in [0.3, 0.4) is 0 Å². The van der Waals surface area contributed by atoms with Crippen LogP contribution in [0.2, 0.25) is 0 Å². The lowest BCUT2D eigenvalue weighted by atomic mass is 10.1. The number of nitrogens with zero attached hydrogens (tertiary/aromatic N) is 2. The predicted molar refractivity (Wildman–Crippen MR) is 90.8 cm³/mol. The number of amides is 1.